The summed E-state index contributed by atoms with van der Waals surface area (Å²) < 4.78 is 0. The van der Waals surface area contributed by atoms with Gasteiger partial charge in [-0.25, -0.2) is 0 Å². The molecule has 1 aliphatic rings. The minimum atomic E-state index is -0.180. The first-order valence-electron chi connectivity index (χ1n) is 7.41. The zero-order valence-corrected chi connectivity index (χ0v) is 12.2. The Morgan fingerprint density at radius 2 is 1.78 bits per heavy atom. The van der Waals surface area contributed by atoms with Gasteiger partial charge in [0.25, 0.3) is 0 Å². The normalized spacial score (nSPS) is 19.6. The highest BCUT2D eigenvalue weighted by Gasteiger charge is 2.35. The predicted octanol–water partition coefficient (Wildman–Crippen LogP) is 2.87. The highest BCUT2D eigenvalue weighted by Crippen LogP contribution is 2.36. The number of amides is 1. The molecule has 0 bridgehead atoms. The molecule has 3 nitrogen and oxygen atoms in total. The molecule has 2 N–H and O–H groups in total. The topological polar surface area (TPSA) is 49.3 Å². The van der Waals surface area contributed by atoms with Gasteiger partial charge in [0.1, 0.15) is 0 Å². The number of aliphatic hydroxyl groups excluding tert-OH is 1. The summed E-state index contributed by atoms with van der Waals surface area (Å²) in [6, 6.07) is 0. The van der Waals surface area contributed by atoms with Gasteiger partial charge in [0.05, 0.1) is 6.61 Å². The molecule has 0 spiro atoms. The van der Waals surface area contributed by atoms with Gasteiger partial charge in [-0.2, -0.15) is 0 Å². The standard InChI is InChI=1S/C15H29NO2/c1-4-15(5-2,12-17)11-16-13(18)14(3)9-7-6-8-10-14/h17H,4-12H2,1-3H3,(H,16,18). The van der Waals surface area contributed by atoms with Crippen molar-refractivity contribution in [3.63, 3.8) is 0 Å². The Bertz CT molecular complexity index is 257. The van der Waals surface area contributed by atoms with Gasteiger partial charge >= 0.3 is 0 Å². The lowest BCUT2D eigenvalue weighted by Crippen LogP contribution is -2.46. The maximum absolute atomic E-state index is 12.3. The lowest BCUT2D eigenvalue weighted by molar-refractivity contribution is -0.132. The quantitative estimate of drug-likeness (QED) is 0.766. The minimum absolute atomic E-state index is 0.138. The average Bonchev–Trinajstić information content (AvgIpc) is 2.41. The van der Waals surface area contributed by atoms with E-state index in [4.69, 9.17) is 0 Å². The van der Waals surface area contributed by atoms with Crippen molar-refractivity contribution in [2.45, 2.75) is 65.7 Å². The second-order valence-corrected chi connectivity index (χ2v) is 6.17. The molecule has 0 radical (unpaired) electrons. The summed E-state index contributed by atoms with van der Waals surface area (Å²) in [5, 5.41) is 12.6. The maximum Gasteiger partial charge on any atom is 0.225 e. The predicted molar refractivity (Wildman–Crippen MR) is 74.3 cm³/mol. The van der Waals surface area contributed by atoms with Crippen molar-refractivity contribution in [2.75, 3.05) is 13.2 Å². The van der Waals surface area contributed by atoms with Crippen molar-refractivity contribution in [3.8, 4) is 0 Å². The lowest BCUT2D eigenvalue weighted by Gasteiger charge is -2.35. The smallest absolute Gasteiger partial charge is 0.225 e. The first-order chi connectivity index (χ1) is 8.52. The number of carbonyl (C=O) groups excluding carboxylic acids is 1. The van der Waals surface area contributed by atoms with Crippen LogP contribution in [0.1, 0.15) is 65.7 Å². The van der Waals surface area contributed by atoms with E-state index in [0.717, 1.165) is 38.5 Å². The third-order valence-corrected chi connectivity index (χ3v) is 4.96. The first kappa shape index (κ1) is 15.5. The van der Waals surface area contributed by atoms with Gasteiger partial charge in [0.2, 0.25) is 5.91 Å². The van der Waals surface area contributed by atoms with Gasteiger partial charge in [0, 0.05) is 17.4 Å². The molecule has 0 saturated heterocycles. The van der Waals surface area contributed by atoms with E-state index in [0.29, 0.717) is 6.54 Å². The highest BCUT2D eigenvalue weighted by atomic mass is 16.3. The fourth-order valence-corrected chi connectivity index (χ4v) is 2.82. The van der Waals surface area contributed by atoms with Crippen LogP contribution in [0, 0.1) is 10.8 Å². The molecule has 106 valence electrons. The molecule has 1 fully saturated rings. The molecule has 0 aromatic carbocycles. The second kappa shape index (κ2) is 6.55. The fourth-order valence-electron chi connectivity index (χ4n) is 2.82. The Morgan fingerprint density at radius 3 is 2.22 bits per heavy atom. The molecular weight excluding hydrogens is 226 g/mol. The lowest BCUT2D eigenvalue weighted by atomic mass is 9.74. The van der Waals surface area contributed by atoms with E-state index < -0.39 is 0 Å². The Hall–Kier alpha value is -0.570. The number of hydrogen-bond donors (Lipinski definition) is 2. The molecule has 0 heterocycles. The zero-order valence-electron chi connectivity index (χ0n) is 12.2. The van der Waals surface area contributed by atoms with E-state index in [1.807, 2.05) is 0 Å². The van der Waals surface area contributed by atoms with Gasteiger partial charge in [-0.3, -0.25) is 4.79 Å². The van der Waals surface area contributed by atoms with Crippen molar-refractivity contribution < 1.29 is 9.90 Å². The van der Waals surface area contributed by atoms with Crippen LogP contribution in [0.15, 0.2) is 0 Å². The molecule has 0 aromatic heterocycles. The van der Waals surface area contributed by atoms with Crippen LogP contribution in [-0.2, 0) is 4.79 Å². The molecule has 18 heavy (non-hydrogen) atoms. The van der Waals surface area contributed by atoms with Crippen molar-refractivity contribution >= 4 is 5.91 Å². The molecule has 0 atom stereocenters. The summed E-state index contributed by atoms with van der Waals surface area (Å²) in [4.78, 5) is 12.3. The van der Waals surface area contributed by atoms with Crippen molar-refractivity contribution in [1.82, 2.24) is 5.32 Å². The molecule has 0 aliphatic heterocycles. The van der Waals surface area contributed by atoms with E-state index in [1.54, 1.807) is 0 Å². The average molecular weight is 255 g/mol. The number of aliphatic hydroxyl groups is 1. The highest BCUT2D eigenvalue weighted by molar-refractivity contribution is 5.82. The minimum Gasteiger partial charge on any atom is -0.396 e. The van der Waals surface area contributed by atoms with Gasteiger partial charge in [0.15, 0.2) is 0 Å². The van der Waals surface area contributed by atoms with Crippen LogP contribution < -0.4 is 5.32 Å². The zero-order chi connectivity index (χ0) is 13.6. The van der Waals surface area contributed by atoms with E-state index in [2.05, 4.69) is 26.1 Å². The Balaban J connectivity index is 2.54. The van der Waals surface area contributed by atoms with Crippen LogP contribution >= 0.6 is 0 Å². The molecule has 1 aliphatic carbocycles. The van der Waals surface area contributed by atoms with Gasteiger partial charge in [-0.1, -0.05) is 40.0 Å². The monoisotopic (exact) mass is 255 g/mol. The molecule has 1 amide bonds. The number of nitrogens with one attached hydrogen (secondary N) is 1. The molecule has 0 unspecified atom stereocenters. The van der Waals surface area contributed by atoms with Crippen LogP contribution in [0.25, 0.3) is 0 Å². The van der Waals surface area contributed by atoms with E-state index in [-0.39, 0.29) is 23.3 Å². The molecule has 1 rings (SSSR count). The summed E-state index contributed by atoms with van der Waals surface area (Å²) in [6.45, 7) is 6.99. The third kappa shape index (κ3) is 3.47. The largest absolute Gasteiger partial charge is 0.396 e. The third-order valence-electron chi connectivity index (χ3n) is 4.96. The van der Waals surface area contributed by atoms with Crippen LogP contribution in [0.5, 0.6) is 0 Å². The van der Waals surface area contributed by atoms with Gasteiger partial charge < -0.3 is 10.4 Å². The summed E-state index contributed by atoms with van der Waals surface area (Å²) in [6.07, 6.45) is 7.39. The number of hydrogen-bond acceptors (Lipinski definition) is 2. The van der Waals surface area contributed by atoms with Crippen molar-refractivity contribution in [2.24, 2.45) is 10.8 Å². The van der Waals surface area contributed by atoms with Crippen LogP contribution in [0.4, 0.5) is 0 Å². The molecule has 3 heteroatoms. The SMILES string of the molecule is CCC(CC)(CO)CNC(=O)C1(C)CCCCC1. The molecular formula is C15H29NO2. The summed E-state index contributed by atoms with van der Waals surface area (Å²) >= 11 is 0. The van der Waals surface area contributed by atoms with Gasteiger partial charge in [-0.15, -0.1) is 0 Å². The number of carbonyl (C=O) groups is 1. The second-order valence-electron chi connectivity index (χ2n) is 6.17. The van der Waals surface area contributed by atoms with Crippen LogP contribution in [-0.4, -0.2) is 24.2 Å². The molecule has 1 saturated carbocycles. The van der Waals surface area contributed by atoms with Crippen molar-refractivity contribution in [1.29, 1.82) is 0 Å². The summed E-state index contributed by atoms with van der Waals surface area (Å²) in [5.41, 5.74) is -0.318. The van der Waals surface area contributed by atoms with Crippen molar-refractivity contribution in [3.05, 3.63) is 0 Å². The van der Waals surface area contributed by atoms with Crippen LogP contribution in [0.3, 0.4) is 0 Å². The molecule has 0 aromatic rings. The van der Waals surface area contributed by atoms with E-state index >= 15 is 0 Å². The summed E-state index contributed by atoms with van der Waals surface area (Å²) in [5.74, 6) is 0.182. The number of rotatable bonds is 6. The first-order valence-corrected chi connectivity index (χ1v) is 7.41. The Labute approximate surface area is 111 Å². The van der Waals surface area contributed by atoms with E-state index in [9.17, 15) is 9.90 Å². The Kier molecular flexibility index (Phi) is 5.64. The Morgan fingerprint density at radius 1 is 1.22 bits per heavy atom. The summed E-state index contributed by atoms with van der Waals surface area (Å²) in [7, 11) is 0. The van der Waals surface area contributed by atoms with E-state index in [1.165, 1.54) is 6.42 Å². The maximum atomic E-state index is 12.3. The van der Waals surface area contributed by atoms with Gasteiger partial charge in [-0.05, 0) is 25.7 Å². The van der Waals surface area contributed by atoms with Crippen LogP contribution in [0.2, 0.25) is 0 Å². The fraction of sp³-hybridized carbons (Fsp3) is 0.933.